The van der Waals surface area contributed by atoms with E-state index < -0.39 is 0 Å². The molecule has 11 aromatic rings. The second kappa shape index (κ2) is 11.7. The molecular weight excluding hydrogens is 645 g/mol. The Morgan fingerprint density at radius 3 is 1.42 bits per heavy atom. The number of hydrogen-bond acceptors (Lipinski definition) is 3. The molecule has 0 aliphatic carbocycles. The maximum atomic E-state index is 5.23. The Hall–Kier alpha value is -7.17. The molecule has 4 heteroatoms. The topological polar surface area (TPSA) is 43.6 Å². The fraction of sp³-hybridized carbons (Fsp3) is 0. The van der Waals surface area contributed by atoms with Crippen molar-refractivity contribution in [3.05, 3.63) is 182 Å². The lowest BCUT2D eigenvalue weighted by molar-refractivity contribution is 1.08. The summed E-state index contributed by atoms with van der Waals surface area (Å²) < 4.78 is 2.44. The molecule has 0 fully saturated rings. The van der Waals surface area contributed by atoms with E-state index in [1.807, 2.05) is 18.2 Å². The van der Waals surface area contributed by atoms with Crippen molar-refractivity contribution in [2.75, 3.05) is 0 Å². The Morgan fingerprint density at radius 1 is 0.302 bits per heavy atom. The number of rotatable bonds is 4. The van der Waals surface area contributed by atoms with E-state index in [9.17, 15) is 0 Å². The molecule has 2 aromatic heterocycles. The summed E-state index contributed by atoms with van der Waals surface area (Å²) >= 11 is 0. The van der Waals surface area contributed by atoms with Crippen molar-refractivity contribution in [3.8, 4) is 39.9 Å². The molecule has 0 N–H and O–H groups in total. The highest BCUT2D eigenvalue weighted by Crippen LogP contribution is 2.43. The maximum absolute atomic E-state index is 5.23. The highest BCUT2D eigenvalue weighted by molar-refractivity contribution is 6.28. The van der Waals surface area contributed by atoms with Gasteiger partial charge in [-0.2, -0.15) is 0 Å². The Labute approximate surface area is 305 Å². The average molecular weight is 675 g/mol. The van der Waals surface area contributed by atoms with E-state index in [1.165, 1.54) is 43.4 Å². The van der Waals surface area contributed by atoms with E-state index in [0.717, 1.165) is 43.9 Å². The number of fused-ring (bicyclic) bond motifs is 9. The fourth-order valence-electron chi connectivity index (χ4n) is 8.23. The van der Waals surface area contributed by atoms with Crippen molar-refractivity contribution in [2.45, 2.75) is 0 Å². The van der Waals surface area contributed by atoms with Crippen LogP contribution in [0.4, 0.5) is 0 Å². The minimum absolute atomic E-state index is 0.642. The number of benzene rings is 9. The minimum Gasteiger partial charge on any atom is -0.309 e. The molecule has 0 spiro atoms. The minimum atomic E-state index is 0.642. The van der Waals surface area contributed by atoms with Crippen molar-refractivity contribution in [1.82, 2.24) is 19.5 Å². The van der Waals surface area contributed by atoms with Gasteiger partial charge in [0.1, 0.15) is 0 Å². The van der Waals surface area contributed by atoms with Gasteiger partial charge in [0.2, 0.25) is 0 Å². The van der Waals surface area contributed by atoms with Crippen LogP contribution in [0.25, 0.3) is 105 Å². The summed E-state index contributed by atoms with van der Waals surface area (Å²) in [5.41, 5.74) is 6.36. The Morgan fingerprint density at radius 2 is 0.774 bits per heavy atom. The molecule has 0 aliphatic rings. The summed E-state index contributed by atoms with van der Waals surface area (Å²) in [6.07, 6.45) is 0. The van der Waals surface area contributed by atoms with Crippen LogP contribution in [0.1, 0.15) is 0 Å². The van der Waals surface area contributed by atoms with Crippen LogP contribution in [0.15, 0.2) is 182 Å². The molecular formula is C49H30N4. The van der Waals surface area contributed by atoms with Crippen LogP contribution in [-0.2, 0) is 0 Å². The summed E-state index contributed by atoms with van der Waals surface area (Å²) in [6, 6.07) is 64.5. The van der Waals surface area contributed by atoms with Gasteiger partial charge in [0.15, 0.2) is 17.5 Å². The van der Waals surface area contributed by atoms with Gasteiger partial charge in [-0.3, -0.25) is 0 Å². The van der Waals surface area contributed by atoms with Gasteiger partial charge >= 0.3 is 0 Å². The van der Waals surface area contributed by atoms with Crippen LogP contribution in [-0.4, -0.2) is 19.5 Å². The predicted molar refractivity (Wildman–Crippen MR) is 220 cm³/mol. The zero-order chi connectivity index (χ0) is 34.9. The molecule has 0 atom stereocenters. The second-order valence-corrected chi connectivity index (χ2v) is 13.6. The van der Waals surface area contributed by atoms with Crippen molar-refractivity contribution >= 4 is 64.9 Å². The van der Waals surface area contributed by atoms with E-state index in [2.05, 4.69) is 168 Å². The van der Waals surface area contributed by atoms with Crippen LogP contribution < -0.4 is 0 Å². The van der Waals surface area contributed by atoms with Crippen LogP contribution in [0, 0.1) is 0 Å². The third-order valence-electron chi connectivity index (χ3n) is 10.6. The van der Waals surface area contributed by atoms with Gasteiger partial charge in [-0.25, -0.2) is 15.0 Å². The predicted octanol–water partition coefficient (Wildman–Crippen LogP) is 12.6. The first kappa shape index (κ1) is 29.5. The molecule has 246 valence electrons. The Kier molecular flexibility index (Phi) is 6.52. The Balaban J connectivity index is 1.20. The van der Waals surface area contributed by atoms with Crippen molar-refractivity contribution in [2.24, 2.45) is 0 Å². The lowest BCUT2D eigenvalue weighted by atomic mass is 10.00. The van der Waals surface area contributed by atoms with Crippen molar-refractivity contribution in [1.29, 1.82) is 0 Å². The standard InChI is InChI=1S/C49H30N4/c1-2-16-34(17-3-1)47-50-48(40-24-12-18-31-13-4-7-19-35(31)40)52-49(51-47)41-27-30-42(39-23-11-10-22-38(39)41)53-43-28-25-32-14-5-8-20-36(32)45(43)46-37-21-9-6-15-33(37)26-29-44(46)53/h1-30H. The van der Waals surface area contributed by atoms with Gasteiger partial charge in [-0.05, 0) is 62.0 Å². The summed E-state index contributed by atoms with van der Waals surface area (Å²) in [7, 11) is 0. The van der Waals surface area contributed by atoms with E-state index in [4.69, 9.17) is 15.0 Å². The van der Waals surface area contributed by atoms with Crippen molar-refractivity contribution < 1.29 is 0 Å². The van der Waals surface area contributed by atoms with Gasteiger partial charge in [0, 0.05) is 32.8 Å². The van der Waals surface area contributed by atoms with Crippen LogP contribution >= 0.6 is 0 Å². The first-order chi connectivity index (χ1) is 26.3. The van der Waals surface area contributed by atoms with Crippen LogP contribution in [0.2, 0.25) is 0 Å². The highest BCUT2D eigenvalue weighted by Gasteiger charge is 2.21. The molecule has 0 saturated carbocycles. The summed E-state index contributed by atoms with van der Waals surface area (Å²) in [5, 5.41) is 12.0. The Bertz CT molecular complexity index is 3130. The zero-order valence-corrected chi connectivity index (χ0v) is 28.6. The SMILES string of the molecule is c1ccc(-c2nc(-c3cccc4ccccc34)nc(-c3ccc(-n4c5ccc6ccccc6c5c5c6ccccc6ccc54)c4ccccc34)n2)cc1. The van der Waals surface area contributed by atoms with Crippen LogP contribution in [0.3, 0.4) is 0 Å². The molecule has 9 aromatic carbocycles. The summed E-state index contributed by atoms with van der Waals surface area (Å²) in [5.74, 6) is 1.94. The third kappa shape index (κ3) is 4.59. The zero-order valence-electron chi connectivity index (χ0n) is 28.6. The molecule has 0 unspecified atom stereocenters. The van der Waals surface area contributed by atoms with Gasteiger partial charge in [-0.1, -0.05) is 158 Å². The second-order valence-electron chi connectivity index (χ2n) is 13.6. The highest BCUT2D eigenvalue weighted by atomic mass is 15.0. The summed E-state index contributed by atoms with van der Waals surface area (Å²) in [4.78, 5) is 15.5. The smallest absolute Gasteiger partial charge is 0.164 e. The molecule has 11 rings (SSSR count). The summed E-state index contributed by atoms with van der Waals surface area (Å²) in [6.45, 7) is 0. The number of aromatic nitrogens is 4. The van der Waals surface area contributed by atoms with Crippen LogP contribution in [0.5, 0.6) is 0 Å². The normalized spacial score (nSPS) is 11.8. The number of hydrogen-bond donors (Lipinski definition) is 0. The average Bonchev–Trinajstić information content (AvgIpc) is 3.58. The first-order valence-electron chi connectivity index (χ1n) is 18.0. The molecule has 0 bridgehead atoms. The maximum Gasteiger partial charge on any atom is 0.164 e. The molecule has 2 heterocycles. The third-order valence-corrected chi connectivity index (χ3v) is 10.6. The van der Waals surface area contributed by atoms with Crippen molar-refractivity contribution in [3.63, 3.8) is 0 Å². The quantitative estimate of drug-likeness (QED) is 0.187. The molecule has 0 amide bonds. The van der Waals surface area contributed by atoms with E-state index in [1.54, 1.807) is 0 Å². The molecule has 4 nitrogen and oxygen atoms in total. The fourth-order valence-corrected chi connectivity index (χ4v) is 8.23. The number of nitrogens with zero attached hydrogens (tertiary/aromatic N) is 4. The van der Waals surface area contributed by atoms with Gasteiger partial charge in [-0.15, -0.1) is 0 Å². The largest absolute Gasteiger partial charge is 0.309 e. The molecule has 0 aliphatic heterocycles. The first-order valence-corrected chi connectivity index (χ1v) is 18.0. The van der Waals surface area contributed by atoms with Gasteiger partial charge < -0.3 is 4.57 Å². The monoisotopic (exact) mass is 674 g/mol. The van der Waals surface area contributed by atoms with Gasteiger partial charge in [0.25, 0.3) is 0 Å². The molecule has 0 saturated heterocycles. The van der Waals surface area contributed by atoms with E-state index in [0.29, 0.717) is 17.5 Å². The molecule has 53 heavy (non-hydrogen) atoms. The molecule has 0 radical (unpaired) electrons. The lowest BCUT2D eigenvalue weighted by Gasteiger charge is -2.15. The lowest BCUT2D eigenvalue weighted by Crippen LogP contribution is -2.02. The van der Waals surface area contributed by atoms with Gasteiger partial charge in [0.05, 0.1) is 16.7 Å². The van der Waals surface area contributed by atoms with E-state index >= 15 is 0 Å². The van der Waals surface area contributed by atoms with E-state index in [-0.39, 0.29) is 0 Å².